The Morgan fingerprint density at radius 3 is 1.08 bits per heavy atom. The predicted molar refractivity (Wildman–Crippen MR) is 281 cm³/mol. The molecule has 2 heterocycles. The number of rotatable bonds is 13. The van der Waals surface area contributed by atoms with E-state index in [1.165, 1.54) is 57.9 Å². The van der Waals surface area contributed by atoms with Gasteiger partial charge in [-0.25, -0.2) is 27.2 Å². The zero-order chi connectivity index (χ0) is 48.0. The van der Waals surface area contributed by atoms with Crippen LogP contribution >= 0.6 is 0 Å². The van der Waals surface area contributed by atoms with Gasteiger partial charge in [0.2, 0.25) is 13.9 Å². The zero-order valence-corrected chi connectivity index (χ0v) is 47.4. The van der Waals surface area contributed by atoms with Crippen LogP contribution in [0.25, 0.3) is 0 Å². The fraction of sp³-hybridized carbons (Fsp3) is 0.774. The molecule has 444 valence electrons. The van der Waals surface area contributed by atoms with Gasteiger partial charge in [-0.2, -0.15) is 19.8 Å². The standard InChI is InChI=1S/2C10H13O5.C6H12.C6H6.C4H8O2.C3H5F3.C3H8.2CH2F2.9CH4.Rf.Y/c2*11-6-13-5-10(12)14-4-7-1-2-8-9(3-7)15-8;2*1-2-4-6-5-3-1;1-2-6-4-3-5;1-2-3(4,5)6;1-3-2;2*2-1-3;;;;;;;;;;;/h2*7-9H,1-5H2;1-6H2;1-6H;3,5H,1-2,4H2;2H2,1H3;3H2,1-2H3;2*1H2;9*1H4;;/q2*-1;;;-2;;;;;;;;;;;;;;;+3. The van der Waals surface area contributed by atoms with Gasteiger partial charge in [0.25, 0.3) is 0 Å². The second-order valence-electron chi connectivity index (χ2n) is 13.8. The molecule has 1 N–H and O–H groups in total. The quantitative estimate of drug-likeness (QED) is 0.0498. The van der Waals surface area contributed by atoms with Crippen molar-refractivity contribution < 1.29 is 121 Å². The molecule has 1 aromatic carbocycles. The van der Waals surface area contributed by atoms with Crippen LogP contribution in [-0.2, 0) is 85.0 Å². The Labute approximate surface area is 466 Å². The first-order chi connectivity index (χ1) is 30.3. The minimum absolute atomic E-state index is 0. The van der Waals surface area contributed by atoms with Crippen LogP contribution in [0, 0.1) is 25.4 Å². The number of epoxide rings is 2. The summed E-state index contributed by atoms with van der Waals surface area (Å²) in [6.45, 7) is 9.30. The molecular formula is C53H105F7O12RfY-. The van der Waals surface area contributed by atoms with Crippen molar-refractivity contribution >= 4 is 24.9 Å². The fourth-order valence-electron chi connectivity index (χ4n) is 5.54. The molecule has 6 unspecified atom stereocenters. The summed E-state index contributed by atoms with van der Waals surface area (Å²) < 4.78 is 104. The molecule has 3 saturated carbocycles. The number of aliphatic hydroxyl groups excluding tert-OH is 1. The van der Waals surface area contributed by atoms with Gasteiger partial charge in [0.15, 0.2) is 0 Å². The predicted octanol–water partition coefficient (Wildman–Crippen LogP) is 15.6. The van der Waals surface area contributed by atoms with Gasteiger partial charge >= 0.3 is 50.8 Å². The molecular weight excluding hydrogens is 1320 g/mol. The third-order valence-corrected chi connectivity index (χ3v) is 8.59. The van der Waals surface area contributed by atoms with E-state index in [9.17, 15) is 49.9 Å². The summed E-state index contributed by atoms with van der Waals surface area (Å²) in [5, 5.41) is 7.92. The van der Waals surface area contributed by atoms with Crippen LogP contribution in [-0.4, -0.2) is 114 Å². The number of fused-ring (bicyclic) bond motifs is 2. The van der Waals surface area contributed by atoms with E-state index in [1.54, 1.807) is 0 Å². The van der Waals surface area contributed by atoms with E-state index in [4.69, 9.17) is 24.1 Å². The maximum Gasteiger partial charge on any atom is 3.00 e. The van der Waals surface area contributed by atoms with Crippen LogP contribution in [0.5, 0.6) is 0 Å². The molecule has 6 rings (SSSR count). The van der Waals surface area contributed by atoms with E-state index in [1.807, 2.05) is 36.4 Å². The van der Waals surface area contributed by atoms with Crippen LogP contribution in [0.2, 0.25) is 0 Å². The molecule has 74 heavy (non-hydrogen) atoms. The maximum absolute atomic E-state index is 11.0. The molecule has 0 radical (unpaired) electrons. The van der Waals surface area contributed by atoms with Gasteiger partial charge in [0.05, 0.1) is 37.6 Å². The van der Waals surface area contributed by atoms with Crippen molar-refractivity contribution in [2.24, 2.45) is 11.8 Å². The van der Waals surface area contributed by atoms with E-state index >= 15 is 0 Å². The van der Waals surface area contributed by atoms with Crippen LogP contribution in [0.3, 0.4) is 0 Å². The Hall–Kier alpha value is -3.45. The van der Waals surface area contributed by atoms with E-state index in [0.717, 1.165) is 52.1 Å². The monoisotopic (exact) mass is 1420 g/mol. The van der Waals surface area contributed by atoms with Crippen molar-refractivity contribution in [1.29, 1.82) is 0 Å². The van der Waals surface area contributed by atoms with Crippen LogP contribution in [0.1, 0.15) is 178 Å². The van der Waals surface area contributed by atoms with Gasteiger partial charge in [-0.1, -0.05) is 195 Å². The molecule has 5 aliphatic rings. The summed E-state index contributed by atoms with van der Waals surface area (Å²) in [4.78, 5) is 41.3. The Balaban J connectivity index is -0.0000000475. The Morgan fingerprint density at radius 1 is 0.622 bits per heavy atom. The number of halogens is 7. The summed E-state index contributed by atoms with van der Waals surface area (Å²) in [6.07, 6.45) is 13.4. The van der Waals surface area contributed by atoms with E-state index in [2.05, 4.69) is 35.0 Å². The van der Waals surface area contributed by atoms with Gasteiger partial charge in [-0.15, -0.1) is 0 Å². The molecule has 21 heteroatoms. The number of ether oxygens (including phenoxy) is 7. The fourth-order valence-corrected chi connectivity index (χ4v) is 5.54. The molecule has 6 atom stereocenters. The van der Waals surface area contributed by atoms with Crippen molar-refractivity contribution in [3.8, 4) is 0 Å². The van der Waals surface area contributed by atoms with Gasteiger partial charge in [-0.05, 0) is 50.4 Å². The summed E-state index contributed by atoms with van der Waals surface area (Å²) >= 11 is 0. The molecule has 0 aromatic heterocycles. The first-order valence-corrected chi connectivity index (χ1v) is 21.0. The minimum atomic E-state index is -3.96. The summed E-state index contributed by atoms with van der Waals surface area (Å²) in [6, 6.07) is 12.0. The van der Waals surface area contributed by atoms with Gasteiger partial charge in [0.1, 0.15) is 13.2 Å². The van der Waals surface area contributed by atoms with Crippen molar-refractivity contribution in [1.82, 2.24) is 0 Å². The molecule has 12 nitrogen and oxygen atoms in total. The number of alkyl halides is 7. The maximum atomic E-state index is 11.0. The average Bonchev–Trinajstić information content (AvgIpc) is 4.24. The average molecular weight is 1420 g/mol. The van der Waals surface area contributed by atoms with Crippen LogP contribution in [0.15, 0.2) is 36.4 Å². The topological polar surface area (TPSA) is 160 Å². The number of aliphatic hydroxyl groups is 1. The van der Waals surface area contributed by atoms with Crippen molar-refractivity contribution in [3.05, 3.63) is 49.9 Å². The number of carbonyl (C=O) groups is 2. The molecule has 1 aromatic rings. The van der Waals surface area contributed by atoms with Crippen molar-refractivity contribution in [2.75, 3.05) is 53.5 Å². The normalized spacial score (nSPS) is 18.3. The zero-order valence-electron chi connectivity index (χ0n) is 38.1. The summed E-state index contributed by atoms with van der Waals surface area (Å²) in [5.41, 5.74) is 0. The van der Waals surface area contributed by atoms with Gasteiger partial charge in [0, 0.05) is 6.42 Å². The third kappa shape index (κ3) is 80.0. The van der Waals surface area contributed by atoms with Crippen LogP contribution in [0.4, 0.5) is 30.7 Å². The Bertz CT molecular complexity index is 1080. The summed E-state index contributed by atoms with van der Waals surface area (Å²) in [5.74, 6) is -0.259. The Kier molecular flexibility index (Phi) is 113. The number of benzene rings is 1. The molecule has 2 aliphatic heterocycles. The number of hydrogen-bond donors (Lipinski definition) is 1. The van der Waals surface area contributed by atoms with Crippen molar-refractivity contribution in [3.63, 3.8) is 0 Å². The minimum Gasteiger partial charge on any atom is -0.645 e. The second kappa shape index (κ2) is 78.4. The van der Waals surface area contributed by atoms with Crippen molar-refractivity contribution in [2.45, 2.75) is 208 Å². The molecule has 0 bridgehead atoms. The summed E-state index contributed by atoms with van der Waals surface area (Å²) in [7, 11) is 0. The smallest absolute Gasteiger partial charge is 0.645 e. The first-order valence-electron chi connectivity index (χ1n) is 21.0. The molecule has 5 fully saturated rings. The Morgan fingerprint density at radius 2 is 0.892 bits per heavy atom. The number of carbonyl (C=O) groups excluding carboxylic acids is 4. The largest absolute Gasteiger partial charge is 3.00 e. The first kappa shape index (κ1) is 107. The van der Waals surface area contributed by atoms with Gasteiger partial charge < -0.3 is 54.8 Å². The molecule has 2 saturated heterocycles. The van der Waals surface area contributed by atoms with E-state index < -0.39 is 38.4 Å². The van der Waals surface area contributed by atoms with E-state index in [-0.39, 0.29) is 119 Å². The number of esters is 2. The van der Waals surface area contributed by atoms with Gasteiger partial charge in [-0.3, -0.25) is 0 Å². The molecule has 3 aliphatic carbocycles. The van der Waals surface area contributed by atoms with Crippen LogP contribution < -0.4 is 0 Å². The molecule has 0 spiro atoms. The number of hydrogen-bond acceptors (Lipinski definition) is 12. The molecule has 0 amide bonds. The third-order valence-electron chi connectivity index (χ3n) is 8.59. The SMILES string of the molecule is C.C.C.C.C.C.C.C.C.C1CCCCC1.CCC.CCC(F)(F)F.FCF.FCF.O=[C-]OCC(=O)OCC1CCC2OC2C1.O=[C-]OCC(=O)OCC1CCC2OC2C1.[CH2-]COC[CH-]O.[Rf].[Y+3].c1ccccc1. The van der Waals surface area contributed by atoms with E-state index in [0.29, 0.717) is 56.1 Å². The second-order valence-corrected chi connectivity index (χ2v) is 13.8.